The molecule has 1 spiro atoms. The topological polar surface area (TPSA) is 35.5 Å². The van der Waals surface area contributed by atoms with E-state index in [4.69, 9.17) is 9.47 Å². The molecule has 1 aromatic carbocycles. The zero-order valence-electron chi connectivity index (χ0n) is 11.0. The minimum Gasteiger partial charge on any atom is -0.378 e. The number of rotatable bonds is 2. The van der Waals surface area contributed by atoms with Crippen LogP contribution in [0.3, 0.4) is 0 Å². The van der Waals surface area contributed by atoms with Crippen LogP contribution in [0.15, 0.2) is 22.7 Å². The summed E-state index contributed by atoms with van der Waals surface area (Å²) in [5.74, 6) is -0.531. The Morgan fingerprint density at radius 1 is 1.40 bits per heavy atom. The molecule has 2 saturated heterocycles. The van der Waals surface area contributed by atoms with E-state index in [-0.39, 0.29) is 21.8 Å². The van der Waals surface area contributed by atoms with Gasteiger partial charge < -0.3 is 9.47 Å². The van der Waals surface area contributed by atoms with Crippen molar-refractivity contribution in [2.45, 2.75) is 24.9 Å². The fourth-order valence-corrected chi connectivity index (χ4v) is 3.49. The molecule has 0 aliphatic carbocycles. The zero-order chi connectivity index (χ0) is 14.2. The smallest absolute Gasteiger partial charge is 0.167 e. The highest BCUT2D eigenvalue weighted by molar-refractivity contribution is 9.10. The van der Waals surface area contributed by atoms with E-state index in [9.17, 15) is 9.18 Å². The number of hydrogen-bond acceptors (Lipinski definition) is 3. The first-order chi connectivity index (χ1) is 9.61. The highest BCUT2D eigenvalue weighted by Crippen LogP contribution is 2.38. The SMILES string of the molecule is O=C(c1cccc(F)c1Br)C1CCOC2(CCOC2)C1. The van der Waals surface area contributed by atoms with E-state index >= 15 is 0 Å². The van der Waals surface area contributed by atoms with Crippen molar-refractivity contribution in [3.05, 3.63) is 34.1 Å². The van der Waals surface area contributed by atoms with Crippen LogP contribution in [0.4, 0.5) is 4.39 Å². The molecule has 0 amide bonds. The molecule has 0 saturated carbocycles. The lowest BCUT2D eigenvalue weighted by Crippen LogP contribution is -2.42. The Labute approximate surface area is 125 Å². The standard InChI is InChI=1S/C15H16BrFO3/c16-13-11(2-1-3-12(13)17)14(18)10-4-6-20-15(8-10)5-7-19-9-15/h1-3,10H,4-9H2. The molecule has 2 aliphatic heterocycles. The van der Waals surface area contributed by atoms with E-state index in [0.29, 0.717) is 38.2 Å². The fraction of sp³-hybridized carbons (Fsp3) is 0.533. The van der Waals surface area contributed by atoms with Crippen molar-refractivity contribution in [3.63, 3.8) is 0 Å². The average molecular weight is 343 g/mol. The lowest BCUT2D eigenvalue weighted by Gasteiger charge is -2.36. The number of hydrogen-bond donors (Lipinski definition) is 0. The monoisotopic (exact) mass is 342 g/mol. The molecule has 2 heterocycles. The number of Topliss-reactive ketones (excluding diaryl/α,β-unsaturated/α-hetero) is 1. The maximum Gasteiger partial charge on any atom is 0.167 e. The van der Waals surface area contributed by atoms with E-state index in [1.807, 2.05) is 0 Å². The van der Waals surface area contributed by atoms with E-state index in [2.05, 4.69) is 15.9 Å². The van der Waals surface area contributed by atoms with E-state index in [1.165, 1.54) is 6.07 Å². The summed E-state index contributed by atoms with van der Waals surface area (Å²) in [6.45, 7) is 1.80. The van der Waals surface area contributed by atoms with Gasteiger partial charge in [-0.05, 0) is 34.8 Å². The molecule has 20 heavy (non-hydrogen) atoms. The summed E-state index contributed by atoms with van der Waals surface area (Å²) in [5.41, 5.74) is 0.115. The predicted octanol–water partition coefficient (Wildman–Crippen LogP) is 3.36. The van der Waals surface area contributed by atoms with E-state index < -0.39 is 5.82 Å². The summed E-state index contributed by atoms with van der Waals surface area (Å²) in [5, 5.41) is 0. The van der Waals surface area contributed by atoms with Crippen LogP contribution in [0.25, 0.3) is 0 Å². The Kier molecular flexibility index (Phi) is 3.93. The summed E-state index contributed by atoms with van der Waals surface area (Å²) in [6.07, 6.45) is 2.18. The van der Waals surface area contributed by atoms with Gasteiger partial charge in [-0.1, -0.05) is 12.1 Å². The largest absolute Gasteiger partial charge is 0.378 e. The third kappa shape index (κ3) is 2.54. The molecule has 0 radical (unpaired) electrons. The van der Waals surface area contributed by atoms with Gasteiger partial charge in [-0.15, -0.1) is 0 Å². The molecule has 2 atom stereocenters. The lowest BCUT2D eigenvalue weighted by atomic mass is 9.81. The third-order valence-electron chi connectivity index (χ3n) is 4.15. The van der Waals surface area contributed by atoms with Crippen molar-refractivity contribution < 1.29 is 18.7 Å². The van der Waals surface area contributed by atoms with Crippen molar-refractivity contribution in [1.82, 2.24) is 0 Å². The summed E-state index contributed by atoms with van der Waals surface area (Å²) in [4.78, 5) is 12.6. The second-order valence-corrected chi connectivity index (χ2v) is 6.28. The van der Waals surface area contributed by atoms with Gasteiger partial charge in [-0.2, -0.15) is 0 Å². The molecular formula is C15H16BrFO3. The van der Waals surface area contributed by atoms with Crippen molar-refractivity contribution >= 4 is 21.7 Å². The van der Waals surface area contributed by atoms with Crippen molar-refractivity contribution in [1.29, 1.82) is 0 Å². The Morgan fingerprint density at radius 3 is 3.00 bits per heavy atom. The lowest BCUT2D eigenvalue weighted by molar-refractivity contribution is -0.0920. The normalized spacial score (nSPS) is 29.8. The molecule has 2 unspecified atom stereocenters. The molecule has 0 N–H and O–H groups in total. The first kappa shape index (κ1) is 14.2. The van der Waals surface area contributed by atoms with Crippen LogP contribution in [0.1, 0.15) is 29.6 Å². The number of carbonyl (C=O) groups excluding carboxylic acids is 1. The summed E-state index contributed by atoms with van der Waals surface area (Å²) >= 11 is 3.17. The van der Waals surface area contributed by atoms with Gasteiger partial charge >= 0.3 is 0 Å². The maximum absolute atomic E-state index is 13.6. The molecular weight excluding hydrogens is 327 g/mol. The fourth-order valence-electron chi connectivity index (χ4n) is 3.03. The highest BCUT2D eigenvalue weighted by Gasteiger charge is 2.43. The molecule has 5 heteroatoms. The van der Waals surface area contributed by atoms with Gasteiger partial charge in [0.25, 0.3) is 0 Å². The van der Waals surface area contributed by atoms with Crippen LogP contribution in [0.2, 0.25) is 0 Å². The van der Waals surface area contributed by atoms with Crippen LogP contribution in [-0.4, -0.2) is 31.2 Å². The van der Waals surface area contributed by atoms with Crippen LogP contribution in [-0.2, 0) is 9.47 Å². The Bertz CT molecular complexity index is 526. The van der Waals surface area contributed by atoms with Gasteiger partial charge in [0.1, 0.15) is 5.82 Å². The molecule has 0 aromatic heterocycles. The van der Waals surface area contributed by atoms with Gasteiger partial charge in [0, 0.05) is 31.1 Å². The number of halogens is 2. The first-order valence-electron chi connectivity index (χ1n) is 6.81. The van der Waals surface area contributed by atoms with Crippen molar-refractivity contribution in [3.8, 4) is 0 Å². The maximum atomic E-state index is 13.6. The number of ketones is 1. The Balaban J connectivity index is 1.81. The molecule has 1 aromatic rings. The highest BCUT2D eigenvalue weighted by atomic mass is 79.9. The number of carbonyl (C=O) groups is 1. The predicted molar refractivity (Wildman–Crippen MR) is 75.3 cm³/mol. The van der Waals surface area contributed by atoms with Gasteiger partial charge in [0.05, 0.1) is 16.7 Å². The Morgan fingerprint density at radius 2 is 2.25 bits per heavy atom. The summed E-state index contributed by atoms with van der Waals surface area (Å²) in [6, 6.07) is 4.58. The molecule has 3 rings (SSSR count). The number of benzene rings is 1. The minimum absolute atomic E-state index is 0.00838. The molecule has 2 fully saturated rings. The third-order valence-corrected chi connectivity index (χ3v) is 4.95. The van der Waals surface area contributed by atoms with Crippen LogP contribution in [0, 0.1) is 11.7 Å². The van der Waals surface area contributed by atoms with Gasteiger partial charge in [0.2, 0.25) is 0 Å². The van der Waals surface area contributed by atoms with Gasteiger partial charge in [0.15, 0.2) is 5.78 Å². The van der Waals surface area contributed by atoms with Crippen LogP contribution >= 0.6 is 15.9 Å². The van der Waals surface area contributed by atoms with Crippen LogP contribution in [0.5, 0.6) is 0 Å². The van der Waals surface area contributed by atoms with Crippen molar-refractivity contribution in [2.75, 3.05) is 19.8 Å². The minimum atomic E-state index is -0.401. The molecule has 108 valence electrons. The molecule has 2 aliphatic rings. The van der Waals surface area contributed by atoms with Crippen molar-refractivity contribution in [2.24, 2.45) is 5.92 Å². The van der Waals surface area contributed by atoms with Gasteiger partial charge in [-0.3, -0.25) is 4.79 Å². The van der Waals surface area contributed by atoms with E-state index in [0.717, 1.165) is 6.42 Å². The van der Waals surface area contributed by atoms with Gasteiger partial charge in [-0.25, -0.2) is 4.39 Å². The quantitative estimate of drug-likeness (QED) is 0.773. The van der Waals surface area contributed by atoms with E-state index in [1.54, 1.807) is 12.1 Å². The second-order valence-electron chi connectivity index (χ2n) is 5.49. The molecule has 3 nitrogen and oxygen atoms in total. The summed E-state index contributed by atoms with van der Waals surface area (Å²) in [7, 11) is 0. The zero-order valence-corrected chi connectivity index (χ0v) is 12.6. The van der Waals surface area contributed by atoms with Crippen LogP contribution < -0.4 is 0 Å². The second kappa shape index (κ2) is 5.54. The first-order valence-corrected chi connectivity index (χ1v) is 7.61. The number of ether oxygens (including phenoxy) is 2. The summed E-state index contributed by atoms with van der Waals surface area (Å²) < 4.78 is 25.1. The average Bonchev–Trinajstić information content (AvgIpc) is 2.89. The Hall–Kier alpha value is -0.780. The molecule has 0 bridgehead atoms.